The Labute approximate surface area is 341 Å². The predicted octanol–water partition coefficient (Wildman–Crippen LogP) is 6.02. The summed E-state index contributed by atoms with van der Waals surface area (Å²) in [7, 11) is -2.45. The topological polar surface area (TPSA) is 167 Å². The molecule has 1 saturated heterocycles. The van der Waals surface area contributed by atoms with Crippen molar-refractivity contribution < 1.29 is 22.0 Å². The standard InChI is InChI=1S/C40H34ClF2N9O4S2/c1-24-48-32-21-47-37(50(3)27-12-17-51(18-13-27)23-40(2,42)43)30(20-44)34(32)39(54)52(24)16-6-7-25-9-10-26(41)19-29(25)28-11-15-46-35-31(22-57-36(28)35)38(53)49-58(55,56)33-8-4-5-14-45-33/h4-5,8-11,14-15,19,21-22,27H,12-13,16-18,23H2,1-3H3,(H,49,53). The number of rotatable bonds is 9. The molecule has 0 bridgehead atoms. The number of alkyl halides is 2. The van der Waals surface area contributed by atoms with Gasteiger partial charge in [0, 0.05) is 72.6 Å². The molecule has 1 aliphatic rings. The molecule has 0 aliphatic carbocycles. The number of benzene rings is 1. The second-order valence-electron chi connectivity index (χ2n) is 13.8. The number of hydrogen-bond acceptors (Lipinski definition) is 12. The third kappa shape index (κ3) is 8.25. The van der Waals surface area contributed by atoms with Crippen LogP contribution in [0.2, 0.25) is 5.02 Å². The zero-order valence-electron chi connectivity index (χ0n) is 31.3. The van der Waals surface area contributed by atoms with Crippen molar-refractivity contribution in [3.05, 3.63) is 104 Å². The van der Waals surface area contributed by atoms with E-state index in [2.05, 4.69) is 42.6 Å². The van der Waals surface area contributed by atoms with Gasteiger partial charge in [0.25, 0.3) is 27.4 Å². The number of carbonyl (C=O) groups excluding carboxylic acids is 1. The molecule has 0 spiro atoms. The molecule has 296 valence electrons. The van der Waals surface area contributed by atoms with Crippen LogP contribution in [0.4, 0.5) is 14.6 Å². The number of fused-ring (bicyclic) bond motifs is 2. The molecule has 6 aromatic rings. The Morgan fingerprint density at radius 3 is 2.60 bits per heavy atom. The number of nitrogens with zero attached hydrogens (tertiary/aromatic N) is 8. The number of carbonyl (C=O) groups is 1. The summed E-state index contributed by atoms with van der Waals surface area (Å²) in [5.74, 6) is 3.22. The molecule has 0 unspecified atom stereocenters. The minimum atomic E-state index is -4.24. The number of pyridine rings is 3. The first-order valence-electron chi connectivity index (χ1n) is 17.9. The van der Waals surface area contributed by atoms with E-state index >= 15 is 0 Å². The molecule has 1 aromatic carbocycles. The largest absolute Gasteiger partial charge is 0.355 e. The highest BCUT2D eigenvalue weighted by Crippen LogP contribution is 2.37. The van der Waals surface area contributed by atoms with Crippen LogP contribution >= 0.6 is 22.9 Å². The smallest absolute Gasteiger partial charge is 0.281 e. The molecule has 18 heteroatoms. The Hall–Kier alpha value is -5.85. The second kappa shape index (κ2) is 16.2. The predicted molar refractivity (Wildman–Crippen MR) is 218 cm³/mol. The van der Waals surface area contributed by atoms with Crippen molar-refractivity contribution in [1.29, 1.82) is 5.26 Å². The van der Waals surface area contributed by atoms with Gasteiger partial charge in [-0.25, -0.2) is 28.5 Å². The highest BCUT2D eigenvalue weighted by atomic mass is 35.5. The number of amides is 1. The van der Waals surface area contributed by atoms with Crippen molar-refractivity contribution in [1.82, 2.24) is 34.1 Å². The van der Waals surface area contributed by atoms with Crippen LogP contribution in [0.3, 0.4) is 0 Å². The lowest BCUT2D eigenvalue weighted by Crippen LogP contribution is -2.46. The number of nitriles is 1. The van der Waals surface area contributed by atoms with Crippen LogP contribution in [0.15, 0.2) is 76.3 Å². The number of hydrogen-bond donors (Lipinski definition) is 1. The number of likely N-dealkylation sites (tertiary alicyclic amines) is 1. The molecule has 6 heterocycles. The number of thiophene rings is 1. The fraction of sp³-hybridized carbons (Fsp3) is 0.275. The van der Waals surface area contributed by atoms with Gasteiger partial charge in [-0.3, -0.25) is 24.0 Å². The van der Waals surface area contributed by atoms with Gasteiger partial charge in [0.1, 0.15) is 23.3 Å². The first-order valence-corrected chi connectivity index (χ1v) is 20.7. The first kappa shape index (κ1) is 40.4. The van der Waals surface area contributed by atoms with E-state index < -0.39 is 27.4 Å². The van der Waals surface area contributed by atoms with E-state index in [0.29, 0.717) is 64.0 Å². The summed E-state index contributed by atoms with van der Waals surface area (Å²) in [5, 5.41) is 12.1. The highest BCUT2D eigenvalue weighted by molar-refractivity contribution is 7.90. The number of anilines is 1. The third-order valence-electron chi connectivity index (χ3n) is 9.79. The first-order chi connectivity index (χ1) is 27.6. The number of halogens is 3. The van der Waals surface area contributed by atoms with Crippen LogP contribution in [0.5, 0.6) is 0 Å². The minimum Gasteiger partial charge on any atom is -0.355 e. The minimum absolute atomic E-state index is 0.0562. The maximum Gasteiger partial charge on any atom is 0.281 e. The van der Waals surface area contributed by atoms with Gasteiger partial charge in [-0.15, -0.1) is 11.3 Å². The SMILES string of the molecule is Cc1nc2cnc(N(C)C3CCN(CC(C)(F)F)CC3)c(C#N)c2c(=O)n1CC#Cc1ccc(Cl)cc1-c1ccnc2c(C(=O)NS(=O)(=O)c3ccccn3)csc12. The number of aromatic nitrogens is 5. The van der Waals surface area contributed by atoms with Crippen molar-refractivity contribution in [2.45, 2.75) is 50.2 Å². The maximum absolute atomic E-state index is 14.1. The second-order valence-corrected chi connectivity index (χ2v) is 16.8. The van der Waals surface area contributed by atoms with Crippen LogP contribution in [-0.4, -0.2) is 82.4 Å². The van der Waals surface area contributed by atoms with Gasteiger partial charge in [-0.2, -0.15) is 13.7 Å². The molecule has 1 amide bonds. The Bertz CT molecular complexity index is 2860. The van der Waals surface area contributed by atoms with E-state index in [4.69, 9.17) is 11.6 Å². The average molecular weight is 842 g/mol. The Morgan fingerprint density at radius 1 is 1.12 bits per heavy atom. The van der Waals surface area contributed by atoms with Crippen LogP contribution in [-0.2, 0) is 16.6 Å². The molecular formula is C40H34ClF2N9O4S2. The third-order valence-corrected chi connectivity index (χ3v) is 12.3. The zero-order chi connectivity index (χ0) is 41.4. The van der Waals surface area contributed by atoms with E-state index in [1.54, 1.807) is 49.2 Å². The van der Waals surface area contributed by atoms with Crippen molar-refractivity contribution in [2.24, 2.45) is 0 Å². The normalized spacial score (nSPS) is 13.9. The van der Waals surface area contributed by atoms with Gasteiger partial charge in [-0.1, -0.05) is 29.5 Å². The van der Waals surface area contributed by atoms with Gasteiger partial charge >= 0.3 is 0 Å². The lowest BCUT2D eigenvalue weighted by atomic mass is 10.00. The lowest BCUT2D eigenvalue weighted by Gasteiger charge is -2.38. The molecule has 13 nitrogen and oxygen atoms in total. The molecule has 0 radical (unpaired) electrons. The monoisotopic (exact) mass is 841 g/mol. The number of nitrogens with one attached hydrogen (secondary N) is 1. The summed E-state index contributed by atoms with van der Waals surface area (Å²) in [6, 6.07) is 13.3. The summed E-state index contributed by atoms with van der Waals surface area (Å²) in [5.41, 5.74) is 2.01. The fourth-order valence-corrected chi connectivity index (χ4v) is 9.12. The zero-order valence-corrected chi connectivity index (χ0v) is 33.7. The Kier molecular flexibility index (Phi) is 11.3. The van der Waals surface area contributed by atoms with E-state index in [0.717, 1.165) is 6.92 Å². The Balaban J connectivity index is 1.17. The van der Waals surface area contributed by atoms with Crippen molar-refractivity contribution in [3.8, 4) is 29.0 Å². The number of piperidine rings is 1. The average Bonchev–Trinajstić information content (AvgIpc) is 3.64. The molecule has 1 N–H and O–H groups in total. The molecule has 0 saturated carbocycles. The fourth-order valence-electron chi connectivity index (χ4n) is 7.00. The van der Waals surface area contributed by atoms with E-state index in [1.165, 1.54) is 52.0 Å². The van der Waals surface area contributed by atoms with Crippen LogP contribution in [0.1, 0.15) is 47.1 Å². The highest BCUT2D eigenvalue weighted by Gasteiger charge is 2.31. The van der Waals surface area contributed by atoms with Crippen LogP contribution < -0.4 is 15.2 Å². The molecule has 7 rings (SSSR count). The Morgan fingerprint density at radius 2 is 1.90 bits per heavy atom. The van der Waals surface area contributed by atoms with Crippen LogP contribution in [0, 0.1) is 30.1 Å². The van der Waals surface area contributed by atoms with Crippen molar-refractivity contribution in [2.75, 3.05) is 31.6 Å². The van der Waals surface area contributed by atoms with Gasteiger partial charge in [0.2, 0.25) is 0 Å². The summed E-state index contributed by atoms with van der Waals surface area (Å²) < 4.78 is 56.9. The van der Waals surface area contributed by atoms with Gasteiger partial charge in [0.05, 0.1) is 46.0 Å². The molecule has 58 heavy (non-hydrogen) atoms. The quantitative estimate of drug-likeness (QED) is 0.169. The van der Waals surface area contributed by atoms with Crippen molar-refractivity contribution in [3.63, 3.8) is 0 Å². The molecule has 1 fully saturated rings. The molecular weight excluding hydrogens is 808 g/mol. The van der Waals surface area contributed by atoms with Gasteiger partial charge < -0.3 is 4.90 Å². The maximum atomic E-state index is 14.1. The molecule has 1 aliphatic heterocycles. The van der Waals surface area contributed by atoms with Gasteiger partial charge in [-0.05, 0) is 56.2 Å². The van der Waals surface area contributed by atoms with E-state index in [1.807, 2.05) is 4.90 Å². The van der Waals surface area contributed by atoms with E-state index in [-0.39, 0.29) is 51.7 Å². The van der Waals surface area contributed by atoms with Crippen LogP contribution in [0.25, 0.3) is 32.2 Å². The summed E-state index contributed by atoms with van der Waals surface area (Å²) >= 11 is 7.66. The number of sulfonamides is 1. The van der Waals surface area contributed by atoms with E-state index in [9.17, 15) is 32.0 Å². The van der Waals surface area contributed by atoms with Crippen molar-refractivity contribution >= 4 is 65.8 Å². The lowest BCUT2D eigenvalue weighted by molar-refractivity contribution is -0.0198. The summed E-state index contributed by atoms with van der Waals surface area (Å²) in [6.07, 6.45) is 5.44. The summed E-state index contributed by atoms with van der Waals surface area (Å²) in [4.78, 5) is 48.2. The molecule has 5 aromatic heterocycles. The van der Waals surface area contributed by atoms with Gasteiger partial charge in [0.15, 0.2) is 5.03 Å². The summed E-state index contributed by atoms with van der Waals surface area (Å²) in [6.45, 7) is 3.10. The number of aryl methyl sites for hydroxylation is 1. The molecule has 0 atom stereocenters.